The fraction of sp³-hybridized carbons (Fsp3) is 0.680. The Balaban J connectivity index is 4.60. The largest absolute Gasteiger partial charge is 0.472 e. The molecule has 0 amide bonds. The Hall–Kier alpha value is -5.35. The van der Waals surface area contributed by atoms with Gasteiger partial charge in [0.15, 0.2) is 6.10 Å². The van der Waals surface area contributed by atoms with Crippen LogP contribution in [-0.4, -0.2) is 95.9 Å². The van der Waals surface area contributed by atoms with Crippen molar-refractivity contribution < 1.29 is 75.8 Å². The molecular weight excluding hydrogens is 1560 g/mol. The molecule has 18 heteroatoms. The number of ether oxygens (including phenoxy) is 3. The second-order valence-corrected chi connectivity index (χ2v) is 34.6. The van der Waals surface area contributed by atoms with E-state index in [0.717, 1.165) is 180 Å². The molecule has 0 aliphatic rings. The summed E-state index contributed by atoms with van der Waals surface area (Å²) in [5.74, 6) is -1.58. The first-order valence-corrected chi connectivity index (χ1v) is 51.1. The van der Waals surface area contributed by atoms with E-state index in [4.69, 9.17) is 32.3 Å². The first-order valence-electron chi connectivity index (χ1n) is 48.1. The van der Waals surface area contributed by atoms with Gasteiger partial charge in [0.25, 0.3) is 0 Å². The van der Waals surface area contributed by atoms with Crippen molar-refractivity contribution in [3.8, 4) is 0 Å². The molecule has 0 aromatic heterocycles. The average molecular weight is 1730 g/mol. The first kappa shape index (κ1) is 116. The predicted molar refractivity (Wildman–Crippen MR) is 509 cm³/mol. The number of rotatable bonds is 90. The minimum atomic E-state index is -4.95. The van der Waals surface area contributed by atoms with Gasteiger partial charge in [0, 0.05) is 19.3 Å². The van der Waals surface area contributed by atoms with Crippen LogP contribution in [0.1, 0.15) is 393 Å². The van der Waals surface area contributed by atoms with Crippen molar-refractivity contribution >= 4 is 33.6 Å². The molecule has 0 saturated heterocycles. The standard InChI is InChI=1S/C103H174O16P2/c1-4-7-10-13-16-19-22-25-28-31-34-37-40-43-45-46-47-48-49-50-52-55-56-59-62-65-68-71-74-77-80-83-86-89-101(106)113-92-98(104)93-115-120(109,110)116-94-99(105)95-117-121(111,112)118-97-100(119-103(108)91-88-85-82-79-76-73-70-67-64-61-58-53-42-39-36-33-30-27-24-21-18-15-12-9-6-3)96-114-102(107)90-87-84-81-78-75-72-69-66-63-60-57-54-51-44-41-38-35-32-29-26-23-20-17-14-11-8-5-2/h7-12,16-21,25-30,34-39,43-45,51,53,58,98-100,104-105H,4-6,13-15,22-24,31-33,40-42,46-50,52,54-57,59-97H2,1-3H3,(H,109,110)(H,111,112)/b10-7-,11-8-,12-9-,19-16-,20-17-,21-18-,28-25-,29-26-,30-27-,37-34-,38-35-,39-36-,45-43-,51-44-,58-53-. The number of hydrogen-bond donors (Lipinski definition) is 4. The van der Waals surface area contributed by atoms with E-state index in [2.05, 4.69) is 203 Å². The van der Waals surface area contributed by atoms with E-state index < -0.39 is 91.5 Å². The molecule has 5 atom stereocenters. The quantitative estimate of drug-likeness (QED) is 0.0146. The summed E-state index contributed by atoms with van der Waals surface area (Å²) in [6.07, 6.45) is 124. The Kier molecular flexibility index (Phi) is 89.6. The summed E-state index contributed by atoms with van der Waals surface area (Å²) in [5.41, 5.74) is 0. The molecule has 0 aromatic rings. The lowest BCUT2D eigenvalue weighted by molar-refractivity contribution is -0.161. The molecule has 16 nitrogen and oxygen atoms in total. The van der Waals surface area contributed by atoms with Crippen molar-refractivity contribution in [2.75, 3.05) is 39.6 Å². The van der Waals surface area contributed by atoms with E-state index >= 15 is 0 Å². The molecule has 0 rings (SSSR count). The second-order valence-electron chi connectivity index (χ2n) is 31.7. The maximum atomic E-state index is 13.1. The van der Waals surface area contributed by atoms with Gasteiger partial charge in [-0.3, -0.25) is 32.5 Å². The summed E-state index contributed by atoms with van der Waals surface area (Å²) in [6, 6.07) is 0. The van der Waals surface area contributed by atoms with Crippen molar-refractivity contribution in [3.63, 3.8) is 0 Å². The van der Waals surface area contributed by atoms with Crippen molar-refractivity contribution in [1.82, 2.24) is 0 Å². The normalized spacial score (nSPS) is 14.5. The third-order valence-electron chi connectivity index (χ3n) is 20.1. The van der Waals surface area contributed by atoms with Gasteiger partial charge in [-0.2, -0.15) is 0 Å². The SMILES string of the molecule is CC/C=C\C/C=C\C/C=C\C/C=C\C/C=C\CCCCCCCCCCCCCCCCCCCC(=O)OCC(O)COP(=O)(O)OCC(O)COP(=O)(O)OCC(COC(=O)CCCCCCCCCCCCC/C=C\C/C=C\C/C=C\C/C=C\C/C=C\CC)OC(=O)CCCCCCCCCCC/C=C\C/C=C\C/C=C\C/C=C\C/C=C\CC. The fourth-order valence-corrected chi connectivity index (χ4v) is 14.5. The molecule has 0 fully saturated rings. The number of allylic oxidation sites excluding steroid dienone is 30. The number of phosphoric ester groups is 2. The smallest absolute Gasteiger partial charge is 0.463 e. The number of hydrogen-bond acceptors (Lipinski definition) is 14. The highest BCUT2D eigenvalue weighted by Crippen LogP contribution is 2.45. The molecule has 0 heterocycles. The molecule has 0 saturated carbocycles. The number of carbonyl (C=O) groups excluding carboxylic acids is 3. The maximum Gasteiger partial charge on any atom is 0.472 e. The molecule has 0 aliphatic heterocycles. The third kappa shape index (κ3) is 95.2. The van der Waals surface area contributed by atoms with Crippen molar-refractivity contribution in [2.24, 2.45) is 0 Å². The van der Waals surface area contributed by atoms with Gasteiger partial charge in [-0.1, -0.05) is 402 Å². The fourth-order valence-electron chi connectivity index (χ4n) is 12.9. The summed E-state index contributed by atoms with van der Waals surface area (Å²) in [5, 5.41) is 20.8. The summed E-state index contributed by atoms with van der Waals surface area (Å²) in [6.45, 7) is 2.38. The highest BCUT2D eigenvalue weighted by molar-refractivity contribution is 7.47. The molecule has 0 radical (unpaired) electrons. The van der Waals surface area contributed by atoms with E-state index in [1.807, 2.05) is 0 Å². The highest BCUT2D eigenvalue weighted by atomic mass is 31.2. The Morgan fingerprint density at radius 3 is 0.653 bits per heavy atom. The number of aliphatic hydroxyl groups is 2. The summed E-state index contributed by atoms with van der Waals surface area (Å²) >= 11 is 0. The molecule has 5 unspecified atom stereocenters. The van der Waals surface area contributed by atoms with Gasteiger partial charge in [-0.05, 0) is 154 Å². The monoisotopic (exact) mass is 1730 g/mol. The molecule has 4 N–H and O–H groups in total. The van der Waals surface area contributed by atoms with Gasteiger partial charge in [0.05, 0.1) is 26.4 Å². The van der Waals surface area contributed by atoms with E-state index in [9.17, 15) is 43.5 Å². The van der Waals surface area contributed by atoms with Gasteiger partial charge >= 0.3 is 33.6 Å². The number of aliphatic hydroxyl groups excluding tert-OH is 2. The summed E-state index contributed by atoms with van der Waals surface area (Å²) < 4.78 is 61.6. The zero-order valence-electron chi connectivity index (χ0n) is 76.4. The lowest BCUT2D eigenvalue weighted by Crippen LogP contribution is -2.30. The lowest BCUT2D eigenvalue weighted by Gasteiger charge is -2.21. The van der Waals surface area contributed by atoms with Crippen molar-refractivity contribution in [3.05, 3.63) is 182 Å². The van der Waals surface area contributed by atoms with Crippen LogP contribution in [-0.2, 0) is 55.8 Å². The van der Waals surface area contributed by atoms with Crippen LogP contribution in [0.4, 0.5) is 0 Å². The number of esters is 3. The first-order chi connectivity index (χ1) is 59.2. The Morgan fingerprint density at radius 2 is 0.413 bits per heavy atom. The molecule has 692 valence electrons. The van der Waals surface area contributed by atoms with Crippen LogP contribution in [0.5, 0.6) is 0 Å². The number of carbonyl (C=O) groups is 3. The molecule has 0 bridgehead atoms. The zero-order valence-corrected chi connectivity index (χ0v) is 78.2. The van der Waals surface area contributed by atoms with Crippen molar-refractivity contribution in [2.45, 2.75) is 411 Å². The minimum absolute atomic E-state index is 0.0916. The summed E-state index contributed by atoms with van der Waals surface area (Å²) in [4.78, 5) is 59.1. The van der Waals surface area contributed by atoms with E-state index in [0.29, 0.717) is 19.3 Å². The van der Waals surface area contributed by atoms with Crippen LogP contribution in [0, 0.1) is 0 Å². The van der Waals surface area contributed by atoms with Crippen molar-refractivity contribution in [1.29, 1.82) is 0 Å². The van der Waals surface area contributed by atoms with Gasteiger partial charge in [0.1, 0.15) is 25.4 Å². The van der Waals surface area contributed by atoms with Gasteiger partial charge in [0.2, 0.25) is 0 Å². The van der Waals surface area contributed by atoms with Crippen LogP contribution < -0.4 is 0 Å². The molecule has 0 spiro atoms. The zero-order chi connectivity index (χ0) is 87.9. The van der Waals surface area contributed by atoms with Crippen LogP contribution in [0.15, 0.2) is 182 Å². The Bertz CT molecular complexity index is 2930. The van der Waals surface area contributed by atoms with Crippen LogP contribution in [0.25, 0.3) is 0 Å². The maximum absolute atomic E-state index is 13.1. The summed E-state index contributed by atoms with van der Waals surface area (Å²) in [7, 11) is -9.82. The molecule has 0 aromatic carbocycles. The second kappa shape index (κ2) is 93.8. The van der Waals surface area contributed by atoms with E-state index in [1.54, 1.807) is 0 Å². The topological polar surface area (TPSA) is 231 Å². The molecular formula is C103H174O16P2. The Labute approximate surface area is 738 Å². The van der Waals surface area contributed by atoms with Gasteiger partial charge in [-0.15, -0.1) is 0 Å². The lowest BCUT2D eigenvalue weighted by atomic mass is 10.0. The van der Waals surface area contributed by atoms with E-state index in [-0.39, 0.29) is 19.3 Å². The number of phosphoric acid groups is 2. The van der Waals surface area contributed by atoms with Gasteiger partial charge < -0.3 is 34.2 Å². The minimum Gasteiger partial charge on any atom is -0.463 e. The van der Waals surface area contributed by atoms with Gasteiger partial charge in [-0.25, -0.2) is 9.13 Å². The van der Waals surface area contributed by atoms with Crippen LogP contribution >= 0.6 is 15.6 Å². The number of unbranched alkanes of at least 4 members (excludes halogenated alkanes) is 37. The Morgan fingerprint density at radius 1 is 0.231 bits per heavy atom. The van der Waals surface area contributed by atoms with Crippen LogP contribution in [0.3, 0.4) is 0 Å². The highest BCUT2D eigenvalue weighted by Gasteiger charge is 2.30. The molecule has 0 aliphatic carbocycles. The van der Waals surface area contributed by atoms with E-state index in [1.165, 1.54) is 154 Å². The predicted octanol–water partition coefficient (Wildman–Crippen LogP) is 30.0. The van der Waals surface area contributed by atoms with Crippen LogP contribution in [0.2, 0.25) is 0 Å². The average Bonchev–Trinajstić information content (AvgIpc) is 0.908. The molecule has 121 heavy (non-hydrogen) atoms. The third-order valence-corrected chi connectivity index (χ3v) is 22.0.